The van der Waals surface area contributed by atoms with Crippen molar-refractivity contribution in [3.8, 4) is 0 Å². The second kappa shape index (κ2) is 6.34. The minimum Gasteiger partial charge on any atom is -0.467 e. The highest BCUT2D eigenvalue weighted by Crippen LogP contribution is 2.25. The molecule has 0 N–H and O–H groups in total. The summed E-state index contributed by atoms with van der Waals surface area (Å²) < 4.78 is 5.86. The number of halogens is 1. The molecule has 1 unspecified atom stereocenters. The summed E-state index contributed by atoms with van der Waals surface area (Å²) in [6.45, 7) is 1.98. The standard InChI is InChI=1S/C10H14ClN3O4/c1-3-4-5-8(10(15)18-2)13-6-7(11)9(12-13)14(16)17/h6,8H,3-5H2,1-2H3. The van der Waals surface area contributed by atoms with Crippen molar-refractivity contribution in [1.82, 2.24) is 9.78 Å². The summed E-state index contributed by atoms with van der Waals surface area (Å²) in [6.07, 6.45) is 3.45. The van der Waals surface area contributed by atoms with Crippen LogP contribution in [0.3, 0.4) is 0 Å². The number of carbonyl (C=O) groups is 1. The molecule has 0 saturated heterocycles. The van der Waals surface area contributed by atoms with Gasteiger partial charge in [0.05, 0.1) is 18.4 Å². The highest BCUT2D eigenvalue weighted by atomic mass is 35.5. The molecule has 8 heteroatoms. The first-order valence-corrected chi connectivity index (χ1v) is 5.85. The van der Waals surface area contributed by atoms with Crippen molar-refractivity contribution in [2.45, 2.75) is 32.2 Å². The summed E-state index contributed by atoms with van der Waals surface area (Å²) in [7, 11) is 1.26. The summed E-state index contributed by atoms with van der Waals surface area (Å²) in [4.78, 5) is 21.6. The van der Waals surface area contributed by atoms with Crippen molar-refractivity contribution in [3.05, 3.63) is 21.3 Å². The van der Waals surface area contributed by atoms with Gasteiger partial charge in [-0.2, -0.15) is 4.68 Å². The zero-order chi connectivity index (χ0) is 13.7. The SMILES string of the molecule is CCCCC(C(=O)OC)n1cc(Cl)c([N+](=O)[O-])n1. The number of hydrogen-bond acceptors (Lipinski definition) is 5. The zero-order valence-electron chi connectivity index (χ0n) is 10.1. The average molecular weight is 276 g/mol. The van der Waals surface area contributed by atoms with Crippen LogP contribution in [0.25, 0.3) is 0 Å². The quantitative estimate of drug-likeness (QED) is 0.452. The number of aromatic nitrogens is 2. The predicted octanol–water partition coefficient (Wildman–Crippen LogP) is 2.35. The van der Waals surface area contributed by atoms with Gasteiger partial charge in [0.25, 0.3) is 0 Å². The van der Waals surface area contributed by atoms with Crippen LogP contribution in [0.1, 0.15) is 32.2 Å². The van der Waals surface area contributed by atoms with E-state index in [0.717, 1.165) is 12.8 Å². The van der Waals surface area contributed by atoms with E-state index in [-0.39, 0.29) is 5.02 Å². The van der Waals surface area contributed by atoms with E-state index in [1.807, 2.05) is 6.92 Å². The Morgan fingerprint density at radius 3 is 2.83 bits per heavy atom. The largest absolute Gasteiger partial charge is 0.467 e. The number of carbonyl (C=O) groups excluding carboxylic acids is 1. The summed E-state index contributed by atoms with van der Waals surface area (Å²) in [5.41, 5.74) is 0. The van der Waals surface area contributed by atoms with E-state index in [2.05, 4.69) is 9.84 Å². The molecule has 1 aromatic rings. The van der Waals surface area contributed by atoms with Gasteiger partial charge in [0.2, 0.25) is 0 Å². The van der Waals surface area contributed by atoms with E-state index in [1.54, 1.807) is 0 Å². The number of unbranched alkanes of at least 4 members (excludes halogenated alkanes) is 1. The minimum absolute atomic E-state index is 0.0922. The number of ether oxygens (including phenoxy) is 1. The molecule has 100 valence electrons. The fourth-order valence-corrected chi connectivity index (χ4v) is 1.74. The van der Waals surface area contributed by atoms with E-state index in [0.29, 0.717) is 6.42 Å². The number of esters is 1. The molecule has 0 aromatic carbocycles. The summed E-state index contributed by atoms with van der Waals surface area (Å²) in [5.74, 6) is -0.945. The van der Waals surface area contributed by atoms with Crippen LogP contribution in [0.2, 0.25) is 5.02 Å². The van der Waals surface area contributed by atoms with Crippen molar-refractivity contribution in [3.63, 3.8) is 0 Å². The Labute approximate surface area is 109 Å². The molecular weight excluding hydrogens is 262 g/mol. The molecule has 1 rings (SSSR count). The Morgan fingerprint density at radius 2 is 2.39 bits per heavy atom. The Morgan fingerprint density at radius 1 is 1.72 bits per heavy atom. The van der Waals surface area contributed by atoms with E-state index < -0.39 is 22.8 Å². The third kappa shape index (κ3) is 3.19. The third-order valence-electron chi connectivity index (χ3n) is 2.47. The van der Waals surface area contributed by atoms with Crippen LogP contribution in [0.15, 0.2) is 6.20 Å². The maximum atomic E-state index is 11.6. The molecular formula is C10H14ClN3O4. The number of nitrogens with zero attached hydrogens (tertiary/aromatic N) is 3. The molecule has 0 saturated carbocycles. The van der Waals surface area contributed by atoms with Crippen molar-refractivity contribution >= 4 is 23.4 Å². The van der Waals surface area contributed by atoms with Gasteiger partial charge in [-0.1, -0.05) is 31.4 Å². The Balaban J connectivity index is 3.01. The predicted molar refractivity (Wildman–Crippen MR) is 64.5 cm³/mol. The highest BCUT2D eigenvalue weighted by molar-refractivity contribution is 6.32. The summed E-state index contributed by atoms with van der Waals surface area (Å²) in [5, 5.41) is 14.3. The van der Waals surface area contributed by atoms with Crippen LogP contribution >= 0.6 is 11.6 Å². The third-order valence-corrected chi connectivity index (χ3v) is 2.73. The zero-order valence-corrected chi connectivity index (χ0v) is 10.9. The van der Waals surface area contributed by atoms with E-state index in [1.165, 1.54) is 18.0 Å². The Bertz CT molecular complexity index is 446. The smallest absolute Gasteiger partial charge is 0.408 e. The lowest BCUT2D eigenvalue weighted by molar-refractivity contribution is -0.389. The molecule has 0 aliphatic rings. The first-order valence-electron chi connectivity index (χ1n) is 5.48. The van der Waals surface area contributed by atoms with Gasteiger partial charge in [-0.15, -0.1) is 0 Å². The van der Waals surface area contributed by atoms with Gasteiger partial charge in [0.1, 0.15) is 0 Å². The van der Waals surface area contributed by atoms with Gasteiger partial charge in [0.15, 0.2) is 11.1 Å². The Hall–Kier alpha value is -1.63. The molecule has 1 atom stereocenters. The molecule has 0 aliphatic carbocycles. The molecule has 0 fully saturated rings. The molecule has 0 radical (unpaired) electrons. The molecule has 0 aliphatic heterocycles. The molecule has 18 heavy (non-hydrogen) atoms. The van der Waals surface area contributed by atoms with Gasteiger partial charge in [-0.05, 0) is 11.3 Å². The van der Waals surface area contributed by atoms with Crippen LogP contribution < -0.4 is 0 Å². The number of hydrogen-bond donors (Lipinski definition) is 0. The van der Waals surface area contributed by atoms with Crippen LogP contribution in [-0.4, -0.2) is 27.8 Å². The summed E-state index contributed by atoms with van der Waals surface area (Å²) >= 11 is 5.69. The lowest BCUT2D eigenvalue weighted by Gasteiger charge is -2.11. The number of methoxy groups -OCH3 is 1. The molecule has 7 nitrogen and oxygen atoms in total. The van der Waals surface area contributed by atoms with E-state index in [9.17, 15) is 14.9 Å². The fourth-order valence-electron chi connectivity index (χ4n) is 1.53. The normalized spacial score (nSPS) is 12.2. The molecule has 1 heterocycles. The Kier molecular flexibility index (Phi) is 5.08. The lowest BCUT2D eigenvalue weighted by Crippen LogP contribution is -2.21. The van der Waals surface area contributed by atoms with Crippen LogP contribution in [0, 0.1) is 10.1 Å². The number of nitro groups is 1. The molecule has 1 aromatic heterocycles. The fraction of sp³-hybridized carbons (Fsp3) is 0.600. The molecule has 0 spiro atoms. The van der Waals surface area contributed by atoms with Gasteiger partial charge >= 0.3 is 11.8 Å². The molecule has 0 amide bonds. The first kappa shape index (κ1) is 14.4. The van der Waals surface area contributed by atoms with Gasteiger partial charge in [-0.3, -0.25) is 0 Å². The molecule has 0 bridgehead atoms. The van der Waals surface area contributed by atoms with Crippen molar-refractivity contribution in [2.75, 3.05) is 7.11 Å². The van der Waals surface area contributed by atoms with Crippen molar-refractivity contribution in [2.24, 2.45) is 0 Å². The highest BCUT2D eigenvalue weighted by Gasteiger charge is 2.28. The second-order valence-electron chi connectivity index (χ2n) is 3.72. The maximum Gasteiger partial charge on any atom is 0.408 e. The van der Waals surface area contributed by atoms with Gasteiger partial charge < -0.3 is 14.9 Å². The van der Waals surface area contributed by atoms with E-state index in [4.69, 9.17) is 11.6 Å². The van der Waals surface area contributed by atoms with Crippen LogP contribution in [0.4, 0.5) is 5.82 Å². The topological polar surface area (TPSA) is 87.3 Å². The second-order valence-corrected chi connectivity index (χ2v) is 4.13. The van der Waals surface area contributed by atoms with Gasteiger partial charge in [-0.25, -0.2) is 4.79 Å². The van der Waals surface area contributed by atoms with Crippen molar-refractivity contribution in [1.29, 1.82) is 0 Å². The van der Waals surface area contributed by atoms with Crippen LogP contribution in [-0.2, 0) is 9.53 Å². The number of rotatable bonds is 6. The summed E-state index contributed by atoms with van der Waals surface area (Å²) in [6, 6.07) is -0.679. The van der Waals surface area contributed by atoms with Crippen LogP contribution in [0.5, 0.6) is 0 Å². The van der Waals surface area contributed by atoms with Crippen molar-refractivity contribution < 1.29 is 14.5 Å². The average Bonchev–Trinajstić information content (AvgIpc) is 2.71. The minimum atomic E-state index is -0.688. The first-order chi connectivity index (χ1) is 8.51. The van der Waals surface area contributed by atoms with E-state index >= 15 is 0 Å². The maximum absolute atomic E-state index is 11.6. The lowest BCUT2D eigenvalue weighted by atomic mass is 10.1. The monoisotopic (exact) mass is 275 g/mol. The van der Waals surface area contributed by atoms with Gasteiger partial charge in [0, 0.05) is 0 Å².